The fourth-order valence-electron chi connectivity index (χ4n) is 4.51. The first-order valence-electron chi connectivity index (χ1n) is 11.7. The standard InChI is InChI=1S/C24H33N5O3/c1-5-7-8-9-14-27-22(30)20-21(26(4)24(27)31)25-23-28(15-17(3)16-29(20)23)18-10-12-19(13-11-18)32-6-2/h10-13,17H,5-9,14-16H2,1-4H3/t17-/m1/s1. The maximum absolute atomic E-state index is 13.4. The highest BCUT2D eigenvalue weighted by Crippen LogP contribution is 2.33. The van der Waals surface area contributed by atoms with Crippen LogP contribution in [0.2, 0.25) is 0 Å². The summed E-state index contributed by atoms with van der Waals surface area (Å²) in [7, 11) is 1.70. The van der Waals surface area contributed by atoms with Crippen molar-refractivity contribution in [3.8, 4) is 5.75 Å². The Labute approximate surface area is 188 Å². The zero-order chi connectivity index (χ0) is 22.8. The first kappa shape index (κ1) is 22.2. The SMILES string of the molecule is CCCCCCn1c(=O)c2c(nc3n2C[C@H](C)CN3c2ccc(OCC)cc2)n(C)c1=O. The number of ether oxygens (including phenoxy) is 1. The van der Waals surface area contributed by atoms with Crippen LogP contribution in [0.3, 0.4) is 0 Å². The molecule has 0 aliphatic carbocycles. The Balaban J connectivity index is 1.80. The lowest BCUT2D eigenvalue weighted by molar-refractivity contribution is 0.340. The number of unbranched alkanes of at least 4 members (excludes halogenated alkanes) is 3. The monoisotopic (exact) mass is 439 g/mol. The third kappa shape index (κ3) is 3.94. The van der Waals surface area contributed by atoms with Crippen LogP contribution in [0.1, 0.15) is 46.5 Å². The number of benzene rings is 1. The molecule has 0 fully saturated rings. The predicted molar refractivity (Wildman–Crippen MR) is 127 cm³/mol. The smallest absolute Gasteiger partial charge is 0.332 e. The van der Waals surface area contributed by atoms with Gasteiger partial charge in [-0.05, 0) is 43.5 Å². The largest absolute Gasteiger partial charge is 0.494 e. The van der Waals surface area contributed by atoms with E-state index in [-0.39, 0.29) is 11.2 Å². The molecule has 0 N–H and O–H groups in total. The Bertz CT molecular complexity index is 1210. The van der Waals surface area contributed by atoms with Crippen molar-refractivity contribution in [3.05, 3.63) is 45.1 Å². The van der Waals surface area contributed by atoms with Crippen LogP contribution in [0.25, 0.3) is 11.2 Å². The van der Waals surface area contributed by atoms with Crippen LogP contribution in [0.4, 0.5) is 11.6 Å². The summed E-state index contributed by atoms with van der Waals surface area (Å²) in [4.78, 5) is 33.3. The normalized spacial score (nSPS) is 15.9. The van der Waals surface area contributed by atoms with Gasteiger partial charge in [-0.1, -0.05) is 33.1 Å². The molecule has 172 valence electrons. The fraction of sp³-hybridized carbons (Fsp3) is 0.542. The van der Waals surface area contributed by atoms with Gasteiger partial charge >= 0.3 is 5.69 Å². The highest BCUT2D eigenvalue weighted by Gasteiger charge is 2.29. The molecule has 3 heterocycles. The van der Waals surface area contributed by atoms with Crippen LogP contribution >= 0.6 is 0 Å². The van der Waals surface area contributed by atoms with E-state index in [1.165, 1.54) is 9.13 Å². The van der Waals surface area contributed by atoms with E-state index >= 15 is 0 Å². The minimum absolute atomic E-state index is 0.237. The first-order valence-corrected chi connectivity index (χ1v) is 11.7. The predicted octanol–water partition coefficient (Wildman–Crippen LogP) is 3.66. The number of nitrogens with zero attached hydrogens (tertiary/aromatic N) is 5. The molecule has 1 aliphatic rings. The number of hydrogen-bond donors (Lipinski definition) is 0. The summed E-state index contributed by atoms with van der Waals surface area (Å²) in [5, 5.41) is 0. The number of hydrogen-bond acceptors (Lipinski definition) is 5. The molecule has 0 spiro atoms. The number of aryl methyl sites for hydroxylation is 1. The minimum Gasteiger partial charge on any atom is -0.494 e. The average Bonchev–Trinajstić information content (AvgIpc) is 3.17. The Morgan fingerprint density at radius 2 is 1.81 bits per heavy atom. The summed E-state index contributed by atoms with van der Waals surface area (Å²) in [6, 6.07) is 7.92. The third-order valence-corrected chi connectivity index (χ3v) is 6.14. The van der Waals surface area contributed by atoms with Gasteiger partial charge in [0, 0.05) is 32.4 Å². The van der Waals surface area contributed by atoms with Crippen LogP contribution in [0, 0.1) is 5.92 Å². The van der Waals surface area contributed by atoms with Crippen molar-refractivity contribution >= 4 is 22.8 Å². The average molecular weight is 440 g/mol. The van der Waals surface area contributed by atoms with E-state index in [1.807, 2.05) is 35.8 Å². The molecule has 8 nitrogen and oxygen atoms in total. The van der Waals surface area contributed by atoms with Crippen molar-refractivity contribution in [3.63, 3.8) is 0 Å². The number of anilines is 2. The molecular weight excluding hydrogens is 406 g/mol. The molecule has 0 radical (unpaired) electrons. The molecule has 1 aromatic carbocycles. The highest BCUT2D eigenvalue weighted by atomic mass is 16.5. The van der Waals surface area contributed by atoms with Crippen LogP contribution < -0.4 is 20.9 Å². The second-order valence-corrected chi connectivity index (χ2v) is 8.70. The van der Waals surface area contributed by atoms with Crippen molar-refractivity contribution in [2.45, 2.75) is 59.5 Å². The van der Waals surface area contributed by atoms with E-state index in [2.05, 4.69) is 18.7 Å². The van der Waals surface area contributed by atoms with E-state index in [4.69, 9.17) is 9.72 Å². The summed E-state index contributed by atoms with van der Waals surface area (Å²) >= 11 is 0. The zero-order valence-electron chi connectivity index (χ0n) is 19.5. The first-order chi connectivity index (χ1) is 15.5. The second kappa shape index (κ2) is 9.22. The lowest BCUT2D eigenvalue weighted by Gasteiger charge is -2.33. The molecular formula is C24H33N5O3. The van der Waals surface area contributed by atoms with Gasteiger partial charge in [0.05, 0.1) is 6.61 Å². The topological polar surface area (TPSA) is 74.3 Å². The van der Waals surface area contributed by atoms with Crippen molar-refractivity contribution in [1.29, 1.82) is 0 Å². The van der Waals surface area contributed by atoms with Crippen molar-refractivity contribution in [1.82, 2.24) is 18.7 Å². The van der Waals surface area contributed by atoms with Crippen LogP contribution in [0.5, 0.6) is 5.75 Å². The zero-order valence-corrected chi connectivity index (χ0v) is 19.5. The van der Waals surface area contributed by atoms with Crippen LogP contribution in [-0.2, 0) is 20.1 Å². The van der Waals surface area contributed by atoms with Gasteiger partial charge in [-0.2, -0.15) is 4.98 Å². The lowest BCUT2D eigenvalue weighted by atomic mass is 10.1. The third-order valence-electron chi connectivity index (χ3n) is 6.14. The molecule has 0 saturated heterocycles. The van der Waals surface area contributed by atoms with E-state index in [0.717, 1.165) is 43.7 Å². The summed E-state index contributed by atoms with van der Waals surface area (Å²) in [5.41, 5.74) is 1.42. The number of aromatic nitrogens is 4. The molecule has 1 aliphatic heterocycles. The summed E-state index contributed by atoms with van der Waals surface area (Å²) in [6.07, 6.45) is 4.05. The van der Waals surface area contributed by atoms with Gasteiger partial charge < -0.3 is 14.2 Å². The number of fused-ring (bicyclic) bond motifs is 3. The number of imidazole rings is 1. The van der Waals surface area contributed by atoms with Gasteiger partial charge in [0.2, 0.25) is 5.95 Å². The molecule has 4 rings (SSSR count). The van der Waals surface area contributed by atoms with E-state index in [1.54, 1.807) is 7.05 Å². The van der Waals surface area contributed by atoms with Gasteiger partial charge in [0.15, 0.2) is 11.2 Å². The van der Waals surface area contributed by atoms with E-state index < -0.39 is 0 Å². The molecule has 3 aromatic rings. The number of rotatable bonds is 8. The maximum atomic E-state index is 13.4. The van der Waals surface area contributed by atoms with E-state index in [0.29, 0.717) is 42.7 Å². The van der Waals surface area contributed by atoms with Crippen molar-refractivity contribution in [2.24, 2.45) is 13.0 Å². The van der Waals surface area contributed by atoms with Gasteiger partial charge in [0.25, 0.3) is 5.56 Å². The highest BCUT2D eigenvalue weighted by molar-refractivity contribution is 5.77. The molecule has 8 heteroatoms. The molecule has 1 atom stereocenters. The van der Waals surface area contributed by atoms with Crippen LogP contribution in [-0.4, -0.2) is 31.8 Å². The van der Waals surface area contributed by atoms with Gasteiger partial charge in [-0.25, -0.2) is 4.79 Å². The van der Waals surface area contributed by atoms with Gasteiger partial charge in [0.1, 0.15) is 5.75 Å². The van der Waals surface area contributed by atoms with Gasteiger partial charge in [-0.3, -0.25) is 13.9 Å². The Hall–Kier alpha value is -3.03. The lowest BCUT2D eigenvalue weighted by Crippen LogP contribution is -2.40. The Kier molecular flexibility index (Phi) is 6.39. The fourth-order valence-corrected chi connectivity index (χ4v) is 4.51. The minimum atomic E-state index is -0.296. The molecule has 2 aromatic heterocycles. The van der Waals surface area contributed by atoms with Crippen molar-refractivity contribution in [2.75, 3.05) is 18.1 Å². The molecule has 0 amide bonds. The molecule has 0 saturated carbocycles. The quantitative estimate of drug-likeness (QED) is 0.501. The van der Waals surface area contributed by atoms with Crippen molar-refractivity contribution < 1.29 is 4.74 Å². The second-order valence-electron chi connectivity index (χ2n) is 8.70. The summed E-state index contributed by atoms with van der Waals surface area (Å²) in [6.45, 7) is 8.83. The summed E-state index contributed by atoms with van der Waals surface area (Å²) in [5.74, 6) is 1.85. The maximum Gasteiger partial charge on any atom is 0.332 e. The van der Waals surface area contributed by atoms with Crippen LogP contribution in [0.15, 0.2) is 33.9 Å². The Morgan fingerprint density at radius 3 is 2.50 bits per heavy atom. The molecule has 0 bridgehead atoms. The molecule has 0 unspecified atom stereocenters. The summed E-state index contributed by atoms with van der Waals surface area (Å²) < 4.78 is 10.5. The Morgan fingerprint density at radius 1 is 1.06 bits per heavy atom. The molecule has 32 heavy (non-hydrogen) atoms. The van der Waals surface area contributed by atoms with E-state index in [9.17, 15) is 9.59 Å². The van der Waals surface area contributed by atoms with Gasteiger partial charge in [-0.15, -0.1) is 0 Å².